The maximum atomic E-state index is 12.4. The average Bonchev–Trinajstić information content (AvgIpc) is 2.90. The Balaban J connectivity index is 1.85. The molecule has 0 aliphatic rings. The van der Waals surface area contributed by atoms with E-state index in [1.54, 1.807) is 0 Å². The van der Waals surface area contributed by atoms with Gasteiger partial charge in [-0.1, -0.05) is 38.5 Å². The van der Waals surface area contributed by atoms with Crippen molar-refractivity contribution in [3.8, 4) is 5.75 Å². The summed E-state index contributed by atoms with van der Waals surface area (Å²) in [7, 11) is 0. The Morgan fingerprint density at radius 3 is 2.42 bits per heavy atom. The molecule has 0 radical (unpaired) electrons. The molecule has 1 heterocycles. The van der Waals surface area contributed by atoms with E-state index < -0.39 is 0 Å². The highest BCUT2D eigenvalue weighted by atomic mass is 32.1. The van der Waals surface area contributed by atoms with Crippen LogP contribution in [0.1, 0.15) is 57.3 Å². The van der Waals surface area contributed by atoms with E-state index in [1.165, 1.54) is 16.9 Å². The Bertz CT molecular complexity index is 727. The molecule has 0 saturated heterocycles. The summed E-state index contributed by atoms with van der Waals surface area (Å²) in [4.78, 5) is 16.9. The van der Waals surface area contributed by atoms with Crippen LogP contribution in [-0.4, -0.2) is 16.4 Å². The van der Waals surface area contributed by atoms with E-state index in [2.05, 4.69) is 44.9 Å². The Morgan fingerprint density at radius 1 is 1.15 bits per heavy atom. The topological polar surface area (TPSA) is 51.2 Å². The van der Waals surface area contributed by atoms with Gasteiger partial charge in [-0.15, -0.1) is 11.3 Å². The molecular weight excluding hydrogens is 344 g/mol. The molecule has 5 heteroatoms. The van der Waals surface area contributed by atoms with Crippen molar-refractivity contribution in [2.24, 2.45) is 5.41 Å². The third kappa shape index (κ3) is 7.16. The molecule has 0 aliphatic carbocycles. The quantitative estimate of drug-likeness (QED) is 0.749. The monoisotopic (exact) mass is 374 g/mol. The zero-order chi connectivity index (χ0) is 19.4. The van der Waals surface area contributed by atoms with Crippen molar-refractivity contribution >= 4 is 17.2 Å². The molecular formula is C21H30N2O2S. The second-order valence-electron chi connectivity index (χ2n) is 8.68. The van der Waals surface area contributed by atoms with Gasteiger partial charge in [-0.05, 0) is 44.7 Å². The highest BCUT2D eigenvalue weighted by Gasteiger charge is 2.27. The van der Waals surface area contributed by atoms with Gasteiger partial charge in [0.05, 0.1) is 12.1 Å². The molecule has 0 unspecified atom stereocenters. The molecule has 0 spiro atoms. The number of ether oxygens (including phenoxy) is 1. The summed E-state index contributed by atoms with van der Waals surface area (Å²) >= 11 is 1.53. The van der Waals surface area contributed by atoms with Gasteiger partial charge in [0, 0.05) is 10.9 Å². The molecule has 2 rings (SSSR count). The molecule has 142 valence electrons. The number of benzene rings is 1. The van der Waals surface area contributed by atoms with Crippen LogP contribution in [0.4, 0.5) is 0 Å². The van der Waals surface area contributed by atoms with E-state index in [1.807, 2.05) is 36.6 Å². The first-order valence-electron chi connectivity index (χ1n) is 8.96. The second-order valence-corrected chi connectivity index (χ2v) is 9.62. The molecule has 1 amide bonds. The lowest BCUT2D eigenvalue weighted by molar-refractivity contribution is -0.122. The van der Waals surface area contributed by atoms with Gasteiger partial charge in [0.2, 0.25) is 5.91 Å². The van der Waals surface area contributed by atoms with E-state index in [4.69, 9.17) is 4.74 Å². The predicted octanol–water partition coefficient (Wildman–Crippen LogP) is 4.90. The normalized spacial score (nSPS) is 12.1. The Labute approximate surface area is 161 Å². The van der Waals surface area contributed by atoms with Gasteiger partial charge in [-0.3, -0.25) is 4.79 Å². The van der Waals surface area contributed by atoms with Crippen LogP contribution in [0.15, 0.2) is 29.6 Å². The lowest BCUT2D eigenvalue weighted by atomic mass is 9.82. The van der Waals surface area contributed by atoms with Crippen molar-refractivity contribution in [2.75, 3.05) is 0 Å². The zero-order valence-electron chi connectivity index (χ0n) is 16.7. The van der Waals surface area contributed by atoms with E-state index >= 15 is 0 Å². The number of nitrogens with zero attached hydrogens (tertiary/aromatic N) is 1. The highest BCUT2D eigenvalue weighted by molar-refractivity contribution is 7.09. The van der Waals surface area contributed by atoms with Crippen LogP contribution in [0.25, 0.3) is 0 Å². The number of rotatable bonds is 7. The first-order valence-corrected chi connectivity index (χ1v) is 9.84. The maximum Gasteiger partial charge on any atom is 0.226 e. The summed E-state index contributed by atoms with van der Waals surface area (Å²) in [6.07, 6.45) is 1.22. The van der Waals surface area contributed by atoms with Crippen LogP contribution < -0.4 is 10.1 Å². The van der Waals surface area contributed by atoms with Crippen molar-refractivity contribution in [3.05, 3.63) is 45.9 Å². The van der Waals surface area contributed by atoms with E-state index in [-0.39, 0.29) is 16.9 Å². The lowest BCUT2D eigenvalue weighted by Gasteiger charge is -2.33. The van der Waals surface area contributed by atoms with Gasteiger partial charge in [0.15, 0.2) is 0 Å². The van der Waals surface area contributed by atoms with Crippen LogP contribution in [-0.2, 0) is 17.8 Å². The largest absolute Gasteiger partial charge is 0.486 e. The Hall–Kier alpha value is -1.88. The number of hydrogen-bond acceptors (Lipinski definition) is 4. The summed E-state index contributed by atoms with van der Waals surface area (Å²) in [5.74, 6) is 0.838. The van der Waals surface area contributed by atoms with Gasteiger partial charge in [-0.25, -0.2) is 4.98 Å². The van der Waals surface area contributed by atoms with Crippen molar-refractivity contribution in [1.29, 1.82) is 0 Å². The molecule has 1 aromatic heterocycles. The van der Waals surface area contributed by atoms with Crippen LogP contribution >= 0.6 is 11.3 Å². The number of hydrogen-bond donors (Lipinski definition) is 1. The number of amides is 1. The number of thiazole rings is 1. The third-order valence-corrected chi connectivity index (χ3v) is 4.65. The average molecular weight is 375 g/mol. The first-order chi connectivity index (χ1) is 12.0. The smallest absolute Gasteiger partial charge is 0.226 e. The van der Waals surface area contributed by atoms with Crippen molar-refractivity contribution in [3.63, 3.8) is 0 Å². The standard InChI is InChI=1S/C21H30N2O2S/c1-15-7-9-17(10-8-15)25-12-19-22-16(13-26-19)11-18(24)23-21(5,6)14-20(2,3)4/h7-10,13H,11-12,14H2,1-6H3,(H,23,24). The summed E-state index contributed by atoms with van der Waals surface area (Å²) in [6.45, 7) is 13.1. The molecule has 0 bridgehead atoms. The minimum atomic E-state index is -0.233. The van der Waals surface area contributed by atoms with Gasteiger partial charge in [-0.2, -0.15) is 0 Å². The number of aryl methyl sites for hydroxylation is 1. The first kappa shape index (κ1) is 20.4. The highest BCUT2D eigenvalue weighted by Crippen LogP contribution is 2.27. The van der Waals surface area contributed by atoms with Crippen LogP contribution in [0, 0.1) is 12.3 Å². The maximum absolute atomic E-state index is 12.4. The van der Waals surface area contributed by atoms with Gasteiger partial charge in [0.25, 0.3) is 0 Å². The molecule has 0 atom stereocenters. The second kappa shape index (κ2) is 8.21. The van der Waals surface area contributed by atoms with Crippen LogP contribution in [0.5, 0.6) is 5.75 Å². The number of carbonyl (C=O) groups is 1. The van der Waals surface area contributed by atoms with Gasteiger partial charge in [0.1, 0.15) is 17.4 Å². The SMILES string of the molecule is Cc1ccc(OCc2nc(CC(=O)NC(C)(C)CC(C)(C)C)cs2)cc1. The van der Waals surface area contributed by atoms with E-state index in [0.717, 1.165) is 22.9 Å². The minimum absolute atomic E-state index is 0.00977. The van der Waals surface area contributed by atoms with Crippen molar-refractivity contribution in [1.82, 2.24) is 10.3 Å². The van der Waals surface area contributed by atoms with E-state index in [0.29, 0.717) is 13.0 Å². The molecule has 0 saturated carbocycles. The summed E-state index contributed by atoms with van der Waals surface area (Å²) < 4.78 is 5.75. The molecule has 26 heavy (non-hydrogen) atoms. The van der Waals surface area contributed by atoms with Crippen molar-refractivity contribution < 1.29 is 9.53 Å². The summed E-state index contributed by atoms with van der Waals surface area (Å²) in [6, 6.07) is 7.95. The number of carbonyl (C=O) groups excluding carboxylic acids is 1. The predicted molar refractivity (Wildman–Crippen MR) is 108 cm³/mol. The summed E-state index contributed by atoms with van der Waals surface area (Å²) in [5.41, 5.74) is 1.93. The minimum Gasteiger partial charge on any atom is -0.486 e. The molecule has 4 nitrogen and oxygen atoms in total. The molecule has 0 aliphatic heterocycles. The van der Waals surface area contributed by atoms with Crippen LogP contribution in [0.3, 0.4) is 0 Å². The van der Waals surface area contributed by atoms with Crippen LogP contribution in [0.2, 0.25) is 0 Å². The molecule has 2 aromatic rings. The van der Waals surface area contributed by atoms with Crippen molar-refractivity contribution in [2.45, 2.75) is 66.5 Å². The fourth-order valence-electron chi connectivity index (χ4n) is 3.23. The van der Waals surface area contributed by atoms with Gasteiger partial charge >= 0.3 is 0 Å². The number of aromatic nitrogens is 1. The lowest BCUT2D eigenvalue weighted by Crippen LogP contribution is -2.46. The Morgan fingerprint density at radius 2 is 1.81 bits per heavy atom. The van der Waals surface area contributed by atoms with Gasteiger partial charge < -0.3 is 10.1 Å². The Kier molecular flexibility index (Phi) is 6.45. The molecule has 0 fully saturated rings. The fraction of sp³-hybridized carbons (Fsp3) is 0.524. The number of nitrogens with one attached hydrogen (secondary N) is 1. The summed E-state index contributed by atoms with van der Waals surface area (Å²) in [5, 5.41) is 5.94. The molecule has 1 aromatic carbocycles. The molecule has 1 N–H and O–H groups in total. The zero-order valence-corrected chi connectivity index (χ0v) is 17.5. The van der Waals surface area contributed by atoms with E-state index in [9.17, 15) is 4.79 Å². The third-order valence-electron chi connectivity index (χ3n) is 3.77. The fourth-order valence-corrected chi connectivity index (χ4v) is 3.94.